The van der Waals surface area contributed by atoms with Gasteiger partial charge in [-0.15, -0.1) is 10.1 Å². The fourth-order valence-corrected chi connectivity index (χ4v) is 5.27. The van der Waals surface area contributed by atoms with Gasteiger partial charge in [0.05, 0.1) is 11.6 Å². The number of ether oxygens (including phenoxy) is 3. The van der Waals surface area contributed by atoms with E-state index in [9.17, 15) is 0 Å². The average Bonchev–Trinajstić information content (AvgIpc) is 3.58. The lowest BCUT2D eigenvalue weighted by Crippen LogP contribution is -2.48. The van der Waals surface area contributed by atoms with Crippen LogP contribution in [0.5, 0.6) is 5.75 Å². The van der Waals surface area contributed by atoms with Crippen molar-refractivity contribution in [3.63, 3.8) is 0 Å². The summed E-state index contributed by atoms with van der Waals surface area (Å²) >= 11 is 12.7. The van der Waals surface area contributed by atoms with E-state index in [0.717, 1.165) is 31.9 Å². The first-order valence-corrected chi connectivity index (χ1v) is 13.6. The number of hydrogen-bond acceptors (Lipinski definition) is 9. The molecule has 1 N–H and O–H groups in total. The van der Waals surface area contributed by atoms with Crippen LogP contribution in [0.3, 0.4) is 0 Å². The van der Waals surface area contributed by atoms with Crippen LogP contribution >= 0.6 is 23.2 Å². The van der Waals surface area contributed by atoms with Crippen LogP contribution in [0.1, 0.15) is 19.4 Å². The quantitative estimate of drug-likeness (QED) is 0.300. The maximum absolute atomic E-state index is 8.36. The Balaban J connectivity index is 0.000000867. The minimum atomic E-state index is -1.50. The Kier molecular flexibility index (Phi) is 10.0. The zero-order valence-electron chi connectivity index (χ0n) is 22.2. The molecule has 1 unspecified atom stereocenters. The third-order valence-electron chi connectivity index (χ3n) is 6.72. The van der Waals surface area contributed by atoms with Crippen LogP contribution in [-0.2, 0) is 21.8 Å². The SMILES string of the molecule is CC(C)N1CCN(c2ccc(OCC3CO[C@](Cn4cncn4)(c4ccc(Cl)cc4Cl)O3)cc2)CC1.O=[N+]([O-])O. The third kappa shape index (κ3) is 7.73. The smallest absolute Gasteiger partial charge is 0.291 e. The summed E-state index contributed by atoms with van der Waals surface area (Å²) in [6.07, 6.45) is 2.80. The maximum Gasteiger partial charge on any atom is 0.291 e. The van der Waals surface area contributed by atoms with Gasteiger partial charge in [0.25, 0.3) is 5.09 Å². The first-order valence-electron chi connectivity index (χ1n) is 12.8. The van der Waals surface area contributed by atoms with E-state index in [2.05, 4.69) is 45.9 Å². The van der Waals surface area contributed by atoms with Gasteiger partial charge in [0.1, 0.15) is 37.7 Å². The summed E-state index contributed by atoms with van der Waals surface area (Å²) in [5, 5.41) is 18.9. The molecule has 3 heterocycles. The van der Waals surface area contributed by atoms with Crippen LogP contribution in [0.4, 0.5) is 5.69 Å². The highest BCUT2D eigenvalue weighted by Crippen LogP contribution is 2.40. The highest BCUT2D eigenvalue weighted by atomic mass is 35.5. The zero-order chi connectivity index (χ0) is 28.7. The van der Waals surface area contributed by atoms with Gasteiger partial charge in [0, 0.05) is 48.5 Å². The Hall–Kier alpha value is -3.16. The molecule has 0 aliphatic carbocycles. The van der Waals surface area contributed by atoms with Gasteiger partial charge < -0.3 is 24.3 Å². The minimum absolute atomic E-state index is 0.288. The van der Waals surface area contributed by atoms with Crippen LogP contribution < -0.4 is 9.64 Å². The van der Waals surface area contributed by atoms with E-state index in [1.165, 1.54) is 12.0 Å². The molecule has 0 amide bonds. The molecule has 2 fully saturated rings. The molecule has 12 nitrogen and oxygen atoms in total. The number of hydrogen-bond donors (Lipinski definition) is 1. The molecule has 1 aromatic heterocycles. The van der Waals surface area contributed by atoms with E-state index < -0.39 is 10.9 Å². The molecule has 2 saturated heterocycles. The van der Waals surface area contributed by atoms with Crippen LogP contribution in [0.15, 0.2) is 55.1 Å². The third-order valence-corrected chi connectivity index (χ3v) is 7.27. The molecule has 2 aromatic carbocycles. The number of anilines is 1. The maximum atomic E-state index is 8.36. The van der Waals surface area contributed by atoms with E-state index in [1.807, 2.05) is 18.2 Å². The summed E-state index contributed by atoms with van der Waals surface area (Å²) < 4.78 is 20.4. The van der Waals surface area contributed by atoms with E-state index in [4.69, 9.17) is 52.7 Å². The van der Waals surface area contributed by atoms with Crippen LogP contribution in [0.25, 0.3) is 0 Å². The Morgan fingerprint density at radius 2 is 1.88 bits per heavy atom. The Bertz CT molecular complexity index is 1240. The monoisotopic (exact) mass is 594 g/mol. The van der Waals surface area contributed by atoms with E-state index in [1.54, 1.807) is 23.1 Å². The van der Waals surface area contributed by atoms with Gasteiger partial charge >= 0.3 is 0 Å². The number of halogens is 2. The van der Waals surface area contributed by atoms with Crippen LogP contribution in [0, 0.1) is 10.1 Å². The second kappa shape index (κ2) is 13.5. The lowest BCUT2D eigenvalue weighted by Gasteiger charge is -2.38. The molecule has 2 atom stereocenters. The van der Waals surface area contributed by atoms with Crippen molar-refractivity contribution in [2.75, 3.05) is 44.3 Å². The molecule has 0 saturated carbocycles. The van der Waals surface area contributed by atoms with E-state index in [-0.39, 0.29) is 6.10 Å². The molecular formula is C26H32Cl2N6O6. The summed E-state index contributed by atoms with van der Waals surface area (Å²) in [4.78, 5) is 17.3. The van der Waals surface area contributed by atoms with Gasteiger partial charge in [-0.1, -0.05) is 29.3 Å². The van der Waals surface area contributed by atoms with Crippen molar-refractivity contribution in [1.82, 2.24) is 19.7 Å². The van der Waals surface area contributed by atoms with Gasteiger partial charge in [-0.25, -0.2) is 9.67 Å². The van der Waals surface area contributed by atoms with Crippen molar-refractivity contribution in [2.45, 2.75) is 38.3 Å². The summed E-state index contributed by atoms with van der Waals surface area (Å²) in [5.74, 6) is -0.327. The number of benzene rings is 2. The molecule has 2 aliphatic rings. The standard InChI is InChI=1S/C26H31Cl2N5O3.HNO3/c1-19(2)31-9-11-32(12-10-31)21-4-6-22(7-5-21)34-14-23-15-35-26(36-23,16-33-18-29-17-30-33)24-8-3-20(27)13-25(24)28;2-1(3)4/h3-8,13,17-19,23H,9-12,14-16H2,1-2H3;(H,2,3,4)/t23?,26-;/m0./s1. The molecule has 3 aromatic rings. The summed E-state index contributed by atoms with van der Waals surface area (Å²) in [7, 11) is 0. The average molecular weight is 595 g/mol. The summed E-state index contributed by atoms with van der Waals surface area (Å²) in [6, 6.07) is 14.1. The largest absolute Gasteiger partial charge is 0.491 e. The number of nitrogens with zero attached hydrogens (tertiary/aromatic N) is 6. The van der Waals surface area contributed by atoms with Crippen LogP contribution in [-0.4, -0.2) is 81.5 Å². The highest BCUT2D eigenvalue weighted by molar-refractivity contribution is 6.35. The number of piperazine rings is 1. The van der Waals surface area contributed by atoms with Crippen molar-refractivity contribution in [2.24, 2.45) is 0 Å². The molecule has 0 bridgehead atoms. The fourth-order valence-electron chi connectivity index (χ4n) is 4.72. The van der Waals surface area contributed by atoms with Gasteiger partial charge in [0.2, 0.25) is 5.79 Å². The Labute approximate surface area is 242 Å². The Morgan fingerprint density at radius 3 is 2.48 bits per heavy atom. The molecular weight excluding hydrogens is 563 g/mol. The van der Waals surface area contributed by atoms with Crippen molar-refractivity contribution in [3.8, 4) is 5.75 Å². The summed E-state index contributed by atoms with van der Waals surface area (Å²) in [6.45, 7) is 9.74. The zero-order valence-corrected chi connectivity index (χ0v) is 23.7. The van der Waals surface area contributed by atoms with Gasteiger partial charge in [-0.2, -0.15) is 5.10 Å². The topological polar surface area (TPSA) is 128 Å². The first kappa shape index (κ1) is 29.8. The molecule has 5 rings (SSSR count). The normalized spacial score (nSPS) is 21.2. The number of rotatable bonds is 8. The lowest BCUT2D eigenvalue weighted by molar-refractivity contribution is -0.742. The molecule has 0 spiro atoms. The van der Waals surface area contributed by atoms with E-state index >= 15 is 0 Å². The van der Waals surface area contributed by atoms with E-state index in [0.29, 0.717) is 41.4 Å². The number of aromatic nitrogens is 3. The van der Waals surface area contributed by atoms with Crippen LogP contribution in [0.2, 0.25) is 10.0 Å². The lowest BCUT2D eigenvalue weighted by atomic mass is 10.1. The summed E-state index contributed by atoms with van der Waals surface area (Å²) in [5.41, 5.74) is 1.91. The highest BCUT2D eigenvalue weighted by Gasteiger charge is 2.45. The second-order valence-electron chi connectivity index (χ2n) is 9.68. The molecule has 2 aliphatic heterocycles. The van der Waals surface area contributed by atoms with Gasteiger partial charge in [0.15, 0.2) is 0 Å². The van der Waals surface area contributed by atoms with Crippen molar-refractivity contribution in [3.05, 3.63) is 80.8 Å². The molecule has 40 heavy (non-hydrogen) atoms. The fraction of sp³-hybridized carbons (Fsp3) is 0.462. The predicted octanol–water partition coefficient (Wildman–Crippen LogP) is 4.12. The van der Waals surface area contributed by atoms with Gasteiger partial charge in [-0.3, -0.25) is 4.90 Å². The Morgan fingerprint density at radius 1 is 1.18 bits per heavy atom. The van der Waals surface area contributed by atoms with Crippen molar-refractivity contribution >= 4 is 28.9 Å². The second-order valence-corrected chi connectivity index (χ2v) is 10.5. The van der Waals surface area contributed by atoms with Gasteiger partial charge in [-0.05, 0) is 50.2 Å². The van der Waals surface area contributed by atoms with Crippen molar-refractivity contribution in [1.29, 1.82) is 0 Å². The molecule has 0 radical (unpaired) electrons. The minimum Gasteiger partial charge on any atom is -0.491 e. The predicted molar refractivity (Wildman–Crippen MR) is 149 cm³/mol. The van der Waals surface area contributed by atoms with Crippen molar-refractivity contribution < 1.29 is 24.5 Å². The first-order chi connectivity index (χ1) is 19.1. The molecule has 14 heteroatoms. The molecule has 216 valence electrons.